The Labute approximate surface area is 184 Å². The van der Waals surface area contributed by atoms with Crippen LogP contribution in [-0.4, -0.2) is 33.5 Å². The van der Waals surface area contributed by atoms with Crippen LogP contribution in [0.15, 0.2) is 41.2 Å². The number of halogens is 4. The van der Waals surface area contributed by atoms with Crippen molar-refractivity contribution >= 4 is 17.6 Å². The largest absolute Gasteiger partial charge is 0.478 e. The number of nitrogens with zero attached hydrogens (tertiary/aromatic N) is 3. The Hall–Kier alpha value is -3.47. The quantitative estimate of drug-likeness (QED) is 0.456. The highest BCUT2D eigenvalue weighted by Gasteiger charge is 2.22. The number of hydrogen-bond donors (Lipinski definition) is 0. The molecule has 0 N–H and O–H groups in total. The maximum Gasteiger partial charge on any atom is 0.355 e. The van der Waals surface area contributed by atoms with E-state index in [2.05, 4.69) is 5.10 Å². The van der Waals surface area contributed by atoms with E-state index in [4.69, 9.17) is 25.8 Å². The topological polar surface area (TPSA) is 84.6 Å². The van der Waals surface area contributed by atoms with Gasteiger partial charge in [-0.3, -0.25) is 0 Å². The lowest BCUT2D eigenvalue weighted by Gasteiger charge is -2.14. The minimum atomic E-state index is -3.15. The van der Waals surface area contributed by atoms with Crippen molar-refractivity contribution in [3.63, 3.8) is 0 Å². The van der Waals surface area contributed by atoms with Gasteiger partial charge in [-0.25, -0.2) is 18.5 Å². The molecule has 0 aliphatic rings. The minimum absolute atomic E-state index is 0.105. The number of aryl methyl sites for hydroxylation is 1. The van der Waals surface area contributed by atoms with Gasteiger partial charge in [0, 0.05) is 6.07 Å². The average Bonchev–Trinajstić information content (AvgIpc) is 3.03. The summed E-state index contributed by atoms with van der Waals surface area (Å²) in [5.41, 5.74) is -1.68. The van der Waals surface area contributed by atoms with Crippen LogP contribution in [0.5, 0.6) is 17.2 Å². The maximum absolute atomic E-state index is 14.5. The van der Waals surface area contributed by atoms with Crippen LogP contribution in [0.3, 0.4) is 0 Å². The van der Waals surface area contributed by atoms with Gasteiger partial charge in [-0.15, -0.1) is 5.10 Å². The number of rotatable bonds is 8. The summed E-state index contributed by atoms with van der Waals surface area (Å²) in [6.45, 7) is -0.497. The summed E-state index contributed by atoms with van der Waals surface area (Å²) in [6.07, 6.45) is 0. The second kappa shape index (κ2) is 9.77. The van der Waals surface area contributed by atoms with Gasteiger partial charge in [0.1, 0.15) is 17.3 Å². The molecule has 0 aliphatic heterocycles. The predicted molar refractivity (Wildman–Crippen MR) is 107 cm³/mol. The molecule has 0 atom stereocenters. The molecule has 3 aromatic rings. The van der Waals surface area contributed by atoms with Gasteiger partial charge in [0.25, 0.3) is 0 Å². The molecule has 0 spiro atoms. The van der Waals surface area contributed by atoms with Gasteiger partial charge in [-0.2, -0.15) is 13.5 Å². The van der Waals surface area contributed by atoms with E-state index in [0.29, 0.717) is 4.68 Å². The molecule has 12 heteroatoms. The molecule has 1 aromatic heterocycles. The van der Waals surface area contributed by atoms with Crippen LogP contribution in [0.25, 0.3) is 5.69 Å². The van der Waals surface area contributed by atoms with Crippen LogP contribution >= 0.6 is 11.6 Å². The maximum atomic E-state index is 14.5. The molecule has 170 valence electrons. The summed E-state index contributed by atoms with van der Waals surface area (Å²) >= 11 is 6.07. The molecule has 0 radical (unpaired) electrons. The van der Waals surface area contributed by atoms with Crippen LogP contribution < -0.4 is 15.2 Å². The van der Waals surface area contributed by atoms with Gasteiger partial charge < -0.3 is 14.2 Å². The van der Waals surface area contributed by atoms with Crippen molar-refractivity contribution in [1.29, 1.82) is 0 Å². The van der Waals surface area contributed by atoms with Crippen LogP contribution in [0.2, 0.25) is 5.02 Å². The smallest absolute Gasteiger partial charge is 0.355 e. The van der Waals surface area contributed by atoms with E-state index in [9.17, 15) is 22.8 Å². The van der Waals surface area contributed by atoms with Crippen molar-refractivity contribution in [2.75, 3.05) is 13.2 Å². The Morgan fingerprint density at radius 2 is 1.88 bits per heavy atom. The van der Waals surface area contributed by atoms with Gasteiger partial charge >= 0.3 is 18.2 Å². The third-order valence-corrected chi connectivity index (χ3v) is 4.42. The van der Waals surface area contributed by atoms with Crippen molar-refractivity contribution in [2.45, 2.75) is 20.4 Å². The van der Waals surface area contributed by atoms with Gasteiger partial charge in [0.05, 0.1) is 11.6 Å². The molecule has 0 fully saturated rings. The SMILES string of the molecule is CCOC(=O)COc1ccccc1Oc1cc(-n2nc(C)n(C(F)F)c2=O)c(F)cc1Cl. The molecule has 0 unspecified atom stereocenters. The number of para-hydroxylation sites is 2. The minimum Gasteiger partial charge on any atom is -0.478 e. The molecule has 1 heterocycles. The molecule has 0 saturated heterocycles. The summed E-state index contributed by atoms with van der Waals surface area (Å²) in [5, 5.41) is 3.53. The van der Waals surface area contributed by atoms with Crippen LogP contribution in [0.4, 0.5) is 13.2 Å². The highest BCUT2D eigenvalue weighted by atomic mass is 35.5. The fraction of sp³-hybridized carbons (Fsp3) is 0.250. The average molecular weight is 472 g/mol. The molecule has 0 amide bonds. The zero-order chi connectivity index (χ0) is 23.4. The molecule has 2 aromatic carbocycles. The van der Waals surface area contributed by atoms with E-state index in [-0.39, 0.29) is 45.9 Å². The first-order valence-corrected chi connectivity index (χ1v) is 9.61. The van der Waals surface area contributed by atoms with Crippen molar-refractivity contribution in [1.82, 2.24) is 14.3 Å². The van der Waals surface area contributed by atoms with Crippen molar-refractivity contribution in [3.05, 3.63) is 63.5 Å². The lowest BCUT2D eigenvalue weighted by Crippen LogP contribution is -2.25. The van der Waals surface area contributed by atoms with Crippen molar-refractivity contribution in [3.8, 4) is 22.9 Å². The second-order valence-electron chi connectivity index (χ2n) is 6.27. The Balaban J connectivity index is 1.96. The summed E-state index contributed by atoms with van der Waals surface area (Å²) in [5.74, 6) is -1.69. The van der Waals surface area contributed by atoms with E-state index in [1.54, 1.807) is 19.1 Å². The van der Waals surface area contributed by atoms with E-state index < -0.39 is 29.7 Å². The zero-order valence-electron chi connectivity index (χ0n) is 16.9. The Kier molecular flexibility index (Phi) is 7.08. The van der Waals surface area contributed by atoms with Crippen molar-refractivity contribution < 1.29 is 32.2 Å². The monoisotopic (exact) mass is 471 g/mol. The summed E-state index contributed by atoms with van der Waals surface area (Å²) in [7, 11) is 0. The number of esters is 1. The first-order chi connectivity index (χ1) is 15.2. The highest BCUT2D eigenvalue weighted by Crippen LogP contribution is 2.37. The summed E-state index contributed by atoms with van der Waals surface area (Å²) in [6, 6.07) is 8.17. The van der Waals surface area contributed by atoms with Crippen LogP contribution in [0, 0.1) is 12.7 Å². The number of carbonyl (C=O) groups is 1. The van der Waals surface area contributed by atoms with Crippen molar-refractivity contribution in [2.24, 2.45) is 0 Å². The number of benzene rings is 2. The third kappa shape index (κ3) is 4.88. The zero-order valence-corrected chi connectivity index (χ0v) is 17.6. The number of aromatic nitrogens is 3. The Morgan fingerprint density at radius 3 is 2.50 bits per heavy atom. The first-order valence-electron chi connectivity index (χ1n) is 9.24. The number of alkyl halides is 2. The van der Waals surface area contributed by atoms with E-state index in [1.807, 2.05) is 0 Å². The van der Waals surface area contributed by atoms with Gasteiger partial charge in [-0.1, -0.05) is 23.7 Å². The Morgan fingerprint density at radius 1 is 1.19 bits per heavy atom. The molecule has 8 nitrogen and oxygen atoms in total. The normalized spacial score (nSPS) is 11.0. The number of carbonyl (C=O) groups excluding carboxylic acids is 1. The number of hydrogen-bond acceptors (Lipinski definition) is 6. The Bertz CT molecular complexity index is 1200. The van der Waals surface area contributed by atoms with Crippen LogP contribution in [0.1, 0.15) is 19.3 Å². The molecule has 0 bridgehead atoms. The second-order valence-corrected chi connectivity index (χ2v) is 6.67. The fourth-order valence-corrected chi connectivity index (χ4v) is 2.92. The predicted octanol–water partition coefficient (Wildman–Crippen LogP) is 4.26. The summed E-state index contributed by atoms with van der Waals surface area (Å²) < 4.78 is 57.2. The summed E-state index contributed by atoms with van der Waals surface area (Å²) in [4.78, 5) is 23.8. The third-order valence-electron chi connectivity index (χ3n) is 4.13. The highest BCUT2D eigenvalue weighted by molar-refractivity contribution is 6.32. The van der Waals surface area contributed by atoms with E-state index in [0.717, 1.165) is 12.1 Å². The fourth-order valence-electron chi connectivity index (χ4n) is 2.73. The molecule has 32 heavy (non-hydrogen) atoms. The van der Waals surface area contributed by atoms with Gasteiger partial charge in [-0.05, 0) is 32.0 Å². The molecular formula is C20H17ClF3N3O5. The van der Waals surface area contributed by atoms with E-state index >= 15 is 0 Å². The van der Waals surface area contributed by atoms with E-state index in [1.165, 1.54) is 19.1 Å². The van der Waals surface area contributed by atoms with Gasteiger partial charge in [0.15, 0.2) is 23.9 Å². The van der Waals surface area contributed by atoms with Gasteiger partial charge in [0.2, 0.25) is 0 Å². The molecule has 3 rings (SSSR count). The number of ether oxygens (including phenoxy) is 3. The molecule has 0 aliphatic carbocycles. The first kappa shape index (κ1) is 23.2. The molecule has 0 saturated carbocycles. The molecular weight excluding hydrogens is 455 g/mol. The lowest BCUT2D eigenvalue weighted by molar-refractivity contribution is -0.145. The standard InChI is InChI=1S/C20H17ClF3N3O5/c1-3-30-18(28)10-31-15-6-4-5-7-16(15)32-17-9-14(13(22)8-12(17)21)27-20(29)26(19(23)24)11(2)25-27/h4-9,19H,3,10H2,1-2H3. The lowest BCUT2D eigenvalue weighted by atomic mass is 10.2. The van der Waals surface area contributed by atoms with Crippen LogP contribution in [-0.2, 0) is 9.53 Å².